The molecule has 0 unspecified atom stereocenters. The zero-order valence-corrected chi connectivity index (χ0v) is 8.72. The van der Waals surface area contributed by atoms with E-state index in [1.807, 2.05) is 36.1 Å². The van der Waals surface area contributed by atoms with Crippen LogP contribution < -0.4 is 5.73 Å². The van der Waals surface area contributed by atoms with Gasteiger partial charge >= 0.3 is 0 Å². The Hall–Kier alpha value is -1.68. The molecule has 2 N–H and O–H groups in total. The first-order chi connectivity index (χ1) is 7.33. The van der Waals surface area contributed by atoms with E-state index in [1.165, 1.54) is 0 Å². The van der Waals surface area contributed by atoms with Gasteiger partial charge in [-0.25, -0.2) is 0 Å². The average molecular weight is 202 g/mol. The fraction of sp³-hybridized carbons (Fsp3) is 0.273. The lowest BCUT2D eigenvalue weighted by Crippen LogP contribution is -2.08. The van der Waals surface area contributed by atoms with Crippen LogP contribution in [0.15, 0.2) is 30.6 Å². The number of hydrogen-bond donors (Lipinski definition) is 1. The van der Waals surface area contributed by atoms with Gasteiger partial charge in [-0.3, -0.25) is 9.67 Å². The smallest absolute Gasteiger partial charge is 0.0736 e. The Morgan fingerprint density at radius 2 is 2.27 bits per heavy atom. The summed E-state index contributed by atoms with van der Waals surface area (Å²) in [5, 5.41) is 4.23. The molecular weight excluding hydrogens is 188 g/mol. The van der Waals surface area contributed by atoms with Crippen molar-refractivity contribution in [2.45, 2.75) is 6.42 Å². The second-order valence-corrected chi connectivity index (χ2v) is 3.38. The Balaban J connectivity index is 2.44. The molecule has 0 bridgehead atoms. The van der Waals surface area contributed by atoms with E-state index in [2.05, 4.69) is 10.1 Å². The summed E-state index contributed by atoms with van der Waals surface area (Å²) in [7, 11) is 1.93. The van der Waals surface area contributed by atoms with Gasteiger partial charge in [0.1, 0.15) is 0 Å². The van der Waals surface area contributed by atoms with Crippen LogP contribution in [-0.4, -0.2) is 21.3 Å². The molecule has 0 amide bonds. The second-order valence-electron chi connectivity index (χ2n) is 3.38. The first-order valence-electron chi connectivity index (χ1n) is 4.95. The summed E-state index contributed by atoms with van der Waals surface area (Å²) in [5.74, 6) is 0. The van der Waals surface area contributed by atoms with Gasteiger partial charge in [0.05, 0.1) is 11.9 Å². The summed E-state index contributed by atoms with van der Waals surface area (Å²) < 4.78 is 1.86. The van der Waals surface area contributed by atoms with E-state index >= 15 is 0 Å². The van der Waals surface area contributed by atoms with E-state index in [-0.39, 0.29) is 0 Å². The quantitative estimate of drug-likeness (QED) is 0.807. The van der Waals surface area contributed by atoms with Crippen molar-refractivity contribution in [3.05, 3.63) is 36.3 Å². The molecule has 0 aliphatic carbocycles. The van der Waals surface area contributed by atoms with Gasteiger partial charge in [-0.1, -0.05) is 6.07 Å². The standard InChI is InChI=1S/C11H14N4/c1-15-11(5-6-12)9(8-14-15)10-4-2-3-7-13-10/h2-4,7-8H,5-6,12H2,1H3. The molecule has 4 nitrogen and oxygen atoms in total. The molecule has 0 aliphatic heterocycles. The van der Waals surface area contributed by atoms with Gasteiger partial charge in [0.25, 0.3) is 0 Å². The van der Waals surface area contributed by atoms with Gasteiger partial charge in [-0.15, -0.1) is 0 Å². The van der Waals surface area contributed by atoms with Crippen LogP contribution in [0.1, 0.15) is 5.69 Å². The molecule has 0 fully saturated rings. The molecule has 2 aromatic rings. The number of hydrogen-bond acceptors (Lipinski definition) is 3. The molecule has 4 heteroatoms. The summed E-state index contributed by atoms with van der Waals surface area (Å²) in [5.41, 5.74) is 8.73. The van der Waals surface area contributed by atoms with E-state index in [0.717, 1.165) is 23.4 Å². The average Bonchev–Trinajstić information content (AvgIpc) is 2.63. The lowest BCUT2D eigenvalue weighted by Gasteiger charge is -2.03. The van der Waals surface area contributed by atoms with Crippen molar-refractivity contribution in [3.63, 3.8) is 0 Å². The van der Waals surface area contributed by atoms with Crippen LogP contribution >= 0.6 is 0 Å². The molecule has 0 spiro atoms. The largest absolute Gasteiger partial charge is 0.330 e. The van der Waals surface area contributed by atoms with Gasteiger partial charge in [-0.2, -0.15) is 5.10 Å². The van der Waals surface area contributed by atoms with Crippen LogP contribution in [0.4, 0.5) is 0 Å². The van der Waals surface area contributed by atoms with E-state index in [1.54, 1.807) is 6.20 Å². The van der Waals surface area contributed by atoms with Crippen LogP contribution in [0.3, 0.4) is 0 Å². The highest BCUT2D eigenvalue weighted by Crippen LogP contribution is 2.20. The molecule has 0 aliphatic rings. The molecule has 0 saturated carbocycles. The molecule has 0 radical (unpaired) electrons. The molecule has 2 aromatic heterocycles. The summed E-state index contributed by atoms with van der Waals surface area (Å²) in [4.78, 5) is 4.31. The molecule has 2 rings (SSSR count). The summed E-state index contributed by atoms with van der Waals surface area (Å²) in [6, 6.07) is 5.86. The van der Waals surface area contributed by atoms with E-state index in [9.17, 15) is 0 Å². The van der Waals surface area contributed by atoms with Crippen LogP contribution in [0.5, 0.6) is 0 Å². The van der Waals surface area contributed by atoms with Crippen molar-refractivity contribution < 1.29 is 0 Å². The molecule has 0 aromatic carbocycles. The number of nitrogens with zero attached hydrogens (tertiary/aromatic N) is 3. The minimum Gasteiger partial charge on any atom is -0.330 e. The molecule has 0 atom stereocenters. The highest BCUT2D eigenvalue weighted by Gasteiger charge is 2.09. The van der Waals surface area contributed by atoms with Gasteiger partial charge < -0.3 is 5.73 Å². The lowest BCUT2D eigenvalue weighted by molar-refractivity contribution is 0.707. The number of nitrogens with two attached hydrogens (primary N) is 1. The van der Waals surface area contributed by atoms with Crippen molar-refractivity contribution in [1.29, 1.82) is 0 Å². The predicted octanol–water partition coefficient (Wildman–Crippen LogP) is 0.983. The monoisotopic (exact) mass is 202 g/mol. The Morgan fingerprint density at radius 1 is 1.40 bits per heavy atom. The number of aryl methyl sites for hydroxylation is 1. The minimum absolute atomic E-state index is 0.624. The molecule has 15 heavy (non-hydrogen) atoms. The van der Waals surface area contributed by atoms with Crippen LogP contribution in [-0.2, 0) is 13.5 Å². The molecule has 2 heterocycles. The van der Waals surface area contributed by atoms with Crippen molar-refractivity contribution in [2.75, 3.05) is 6.54 Å². The summed E-state index contributed by atoms with van der Waals surface area (Å²) in [6.07, 6.45) is 4.45. The third kappa shape index (κ3) is 1.89. The topological polar surface area (TPSA) is 56.7 Å². The van der Waals surface area contributed by atoms with Crippen molar-refractivity contribution in [2.24, 2.45) is 12.8 Å². The van der Waals surface area contributed by atoms with Gasteiger partial charge in [-0.05, 0) is 18.7 Å². The van der Waals surface area contributed by atoms with E-state index in [4.69, 9.17) is 5.73 Å². The molecule has 78 valence electrons. The maximum atomic E-state index is 5.57. The fourth-order valence-electron chi connectivity index (χ4n) is 1.63. The Morgan fingerprint density at radius 3 is 2.93 bits per heavy atom. The zero-order chi connectivity index (χ0) is 10.7. The van der Waals surface area contributed by atoms with Crippen molar-refractivity contribution in [1.82, 2.24) is 14.8 Å². The number of aromatic nitrogens is 3. The third-order valence-corrected chi connectivity index (χ3v) is 2.38. The first kappa shape index (κ1) is 9.86. The van der Waals surface area contributed by atoms with E-state index in [0.29, 0.717) is 6.54 Å². The van der Waals surface area contributed by atoms with Crippen molar-refractivity contribution in [3.8, 4) is 11.3 Å². The molecule has 0 saturated heterocycles. The van der Waals surface area contributed by atoms with E-state index < -0.39 is 0 Å². The number of rotatable bonds is 3. The van der Waals surface area contributed by atoms with Crippen LogP contribution in [0.2, 0.25) is 0 Å². The normalized spacial score (nSPS) is 10.5. The maximum Gasteiger partial charge on any atom is 0.0736 e. The number of pyridine rings is 1. The Labute approximate surface area is 88.8 Å². The van der Waals surface area contributed by atoms with Gasteiger partial charge in [0.2, 0.25) is 0 Å². The Bertz CT molecular complexity index is 433. The maximum absolute atomic E-state index is 5.57. The SMILES string of the molecule is Cn1ncc(-c2ccccn2)c1CCN. The highest BCUT2D eigenvalue weighted by molar-refractivity contribution is 5.60. The summed E-state index contributed by atoms with van der Waals surface area (Å²) >= 11 is 0. The lowest BCUT2D eigenvalue weighted by atomic mass is 10.1. The fourth-order valence-corrected chi connectivity index (χ4v) is 1.63. The van der Waals surface area contributed by atoms with Crippen LogP contribution in [0.25, 0.3) is 11.3 Å². The third-order valence-electron chi connectivity index (χ3n) is 2.38. The zero-order valence-electron chi connectivity index (χ0n) is 8.72. The highest BCUT2D eigenvalue weighted by atomic mass is 15.3. The van der Waals surface area contributed by atoms with Gasteiger partial charge in [0.15, 0.2) is 0 Å². The predicted molar refractivity (Wildman–Crippen MR) is 59.2 cm³/mol. The van der Waals surface area contributed by atoms with Crippen LogP contribution in [0, 0.1) is 0 Å². The first-order valence-corrected chi connectivity index (χ1v) is 4.95. The summed E-state index contributed by atoms with van der Waals surface area (Å²) in [6.45, 7) is 0.624. The second kappa shape index (κ2) is 4.23. The van der Waals surface area contributed by atoms with Crippen molar-refractivity contribution >= 4 is 0 Å². The minimum atomic E-state index is 0.624. The van der Waals surface area contributed by atoms with Gasteiger partial charge in [0, 0.05) is 30.9 Å². The molecular formula is C11H14N4. The Kier molecular flexibility index (Phi) is 2.78.